The highest BCUT2D eigenvalue weighted by atomic mass is 32.2. The molecule has 0 atom stereocenters. The van der Waals surface area contributed by atoms with Crippen LogP contribution in [0.5, 0.6) is 0 Å². The van der Waals surface area contributed by atoms with Crippen LogP contribution in [0.1, 0.15) is 16.1 Å². The van der Waals surface area contributed by atoms with E-state index in [1.165, 1.54) is 36.0 Å². The Balaban J connectivity index is 1.63. The molecule has 2 aromatic heterocycles. The smallest absolute Gasteiger partial charge is 0.210 e. The van der Waals surface area contributed by atoms with Gasteiger partial charge in [0.2, 0.25) is 5.16 Å². The van der Waals surface area contributed by atoms with E-state index in [2.05, 4.69) is 15.5 Å². The predicted molar refractivity (Wildman–Crippen MR) is 77.1 cm³/mol. The van der Waals surface area contributed by atoms with Crippen molar-refractivity contribution in [2.45, 2.75) is 11.7 Å². The number of thioether (sulfide) groups is 1. The quantitative estimate of drug-likeness (QED) is 0.513. The van der Waals surface area contributed by atoms with Crippen molar-refractivity contribution in [2.24, 2.45) is 0 Å². The number of furan rings is 1. The van der Waals surface area contributed by atoms with Gasteiger partial charge in [0.25, 0.3) is 0 Å². The number of halogens is 1. The van der Waals surface area contributed by atoms with Gasteiger partial charge in [-0.15, -0.1) is 5.10 Å². The zero-order chi connectivity index (χ0) is 15.4. The lowest BCUT2D eigenvalue weighted by Gasteiger charge is -2.02. The monoisotopic (exact) mass is 318 g/mol. The lowest BCUT2D eigenvalue weighted by atomic mass is 10.1. The Morgan fingerprint density at radius 2 is 2.09 bits per heavy atom. The highest BCUT2D eigenvalue weighted by molar-refractivity contribution is 7.99. The average molecular weight is 318 g/mol. The molecular weight excluding hydrogens is 307 g/mol. The standard InChI is InChI=1S/C14H11FN4O2S/c15-11-5-3-10(4-6-11)13(20)9-22-14-16-17-18-19(14)8-12-2-1-7-21-12/h1-7H,8-9H2. The molecule has 6 nitrogen and oxygen atoms in total. The highest BCUT2D eigenvalue weighted by Gasteiger charge is 2.12. The number of Topliss-reactive ketones (excluding diaryl/α,β-unsaturated/α-hetero) is 1. The maximum absolute atomic E-state index is 12.8. The van der Waals surface area contributed by atoms with Crippen LogP contribution >= 0.6 is 11.8 Å². The number of tetrazole rings is 1. The number of carbonyl (C=O) groups is 1. The molecule has 0 radical (unpaired) electrons. The summed E-state index contributed by atoms with van der Waals surface area (Å²) in [5.74, 6) is 0.410. The first-order valence-corrected chi connectivity index (χ1v) is 7.41. The SMILES string of the molecule is O=C(CSc1nnnn1Cc1ccco1)c1ccc(F)cc1. The van der Waals surface area contributed by atoms with Crippen molar-refractivity contribution in [2.75, 3.05) is 5.75 Å². The molecule has 0 bridgehead atoms. The van der Waals surface area contributed by atoms with Crippen LogP contribution < -0.4 is 0 Å². The molecule has 22 heavy (non-hydrogen) atoms. The van der Waals surface area contributed by atoms with Crippen molar-refractivity contribution >= 4 is 17.5 Å². The number of hydrogen-bond donors (Lipinski definition) is 0. The minimum atomic E-state index is -0.369. The Morgan fingerprint density at radius 1 is 1.27 bits per heavy atom. The second kappa shape index (κ2) is 6.52. The number of rotatable bonds is 6. The van der Waals surface area contributed by atoms with E-state index in [1.54, 1.807) is 17.0 Å². The fourth-order valence-corrected chi connectivity index (χ4v) is 2.57. The molecule has 1 aromatic carbocycles. The van der Waals surface area contributed by atoms with Crippen LogP contribution in [0.3, 0.4) is 0 Å². The number of nitrogens with zero attached hydrogens (tertiary/aromatic N) is 4. The zero-order valence-corrected chi connectivity index (χ0v) is 12.2. The van der Waals surface area contributed by atoms with Crippen LogP contribution in [0.2, 0.25) is 0 Å². The highest BCUT2D eigenvalue weighted by Crippen LogP contribution is 2.17. The van der Waals surface area contributed by atoms with Gasteiger partial charge in [-0.3, -0.25) is 4.79 Å². The molecule has 0 aliphatic rings. The summed E-state index contributed by atoms with van der Waals surface area (Å²) in [7, 11) is 0. The van der Waals surface area contributed by atoms with Gasteiger partial charge in [-0.1, -0.05) is 11.8 Å². The summed E-state index contributed by atoms with van der Waals surface area (Å²) in [6.07, 6.45) is 1.57. The lowest BCUT2D eigenvalue weighted by Crippen LogP contribution is -2.06. The first-order valence-electron chi connectivity index (χ1n) is 6.42. The molecule has 0 aliphatic heterocycles. The first kappa shape index (κ1) is 14.5. The maximum atomic E-state index is 12.8. The number of aromatic nitrogens is 4. The molecule has 0 N–H and O–H groups in total. The van der Waals surface area contributed by atoms with Gasteiger partial charge in [0.05, 0.1) is 12.0 Å². The summed E-state index contributed by atoms with van der Waals surface area (Å²) in [6, 6.07) is 9.05. The Bertz CT molecular complexity index is 756. The largest absolute Gasteiger partial charge is 0.467 e. The Morgan fingerprint density at radius 3 is 2.82 bits per heavy atom. The fraction of sp³-hybridized carbons (Fsp3) is 0.143. The lowest BCUT2D eigenvalue weighted by molar-refractivity contribution is 0.102. The van der Waals surface area contributed by atoms with Crippen LogP contribution in [-0.2, 0) is 6.54 Å². The van der Waals surface area contributed by atoms with Crippen molar-refractivity contribution in [3.05, 3.63) is 59.8 Å². The Kier molecular flexibility index (Phi) is 4.29. The maximum Gasteiger partial charge on any atom is 0.210 e. The van der Waals surface area contributed by atoms with E-state index in [0.29, 0.717) is 17.3 Å². The third kappa shape index (κ3) is 3.40. The molecule has 0 fully saturated rings. The van der Waals surface area contributed by atoms with Gasteiger partial charge in [-0.2, -0.15) is 0 Å². The minimum Gasteiger partial charge on any atom is -0.467 e. The molecule has 0 saturated carbocycles. The second-order valence-corrected chi connectivity index (χ2v) is 5.36. The Labute approximate surface area is 129 Å². The summed E-state index contributed by atoms with van der Waals surface area (Å²) in [5.41, 5.74) is 0.457. The van der Waals surface area contributed by atoms with Gasteiger partial charge >= 0.3 is 0 Å². The summed E-state index contributed by atoms with van der Waals surface area (Å²) < 4.78 is 19.6. The van der Waals surface area contributed by atoms with Crippen LogP contribution in [0.15, 0.2) is 52.2 Å². The summed E-state index contributed by atoms with van der Waals surface area (Å²) in [6.45, 7) is 0.396. The van der Waals surface area contributed by atoms with Crippen LogP contribution in [0, 0.1) is 5.82 Å². The van der Waals surface area contributed by atoms with Crippen molar-refractivity contribution in [1.82, 2.24) is 20.2 Å². The summed E-state index contributed by atoms with van der Waals surface area (Å²) in [4.78, 5) is 12.0. The number of ketones is 1. The summed E-state index contributed by atoms with van der Waals surface area (Å²) >= 11 is 1.22. The molecule has 0 spiro atoms. The second-order valence-electron chi connectivity index (χ2n) is 4.42. The van der Waals surface area contributed by atoms with Crippen LogP contribution in [0.4, 0.5) is 4.39 Å². The van der Waals surface area contributed by atoms with Gasteiger partial charge in [-0.05, 0) is 46.8 Å². The van der Waals surface area contributed by atoms with Crippen LogP contribution in [0.25, 0.3) is 0 Å². The molecule has 3 rings (SSSR count). The fourth-order valence-electron chi connectivity index (χ4n) is 1.80. The normalized spacial score (nSPS) is 10.8. The van der Waals surface area contributed by atoms with Gasteiger partial charge in [-0.25, -0.2) is 9.07 Å². The first-order chi connectivity index (χ1) is 10.7. The van der Waals surface area contributed by atoms with E-state index in [1.807, 2.05) is 6.07 Å². The van der Waals surface area contributed by atoms with Crippen molar-refractivity contribution in [3.8, 4) is 0 Å². The molecule has 112 valence electrons. The van der Waals surface area contributed by atoms with E-state index in [4.69, 9.17) is 4.42 Å². The zero-order valence-electron chi connectivity index (χ0n) is 11.3. The molecule has 0 saturated heterocycles. The van der Waals surface area contributed by atoms with E-state index >= 15 is 0 Å². The van der Waals surface area contributed by atoms with Crippen molar-refractivity contribution in [3.63, 3.8) is 0 Å². The molecule has 2 heterocycles. The van der Waals surface area contributed by atoms with Crippen LogP contribution in [-0.4, -0.2) is 31.7 Å². The third-order valence-electron chi connectivity index (χ3n) is 2.88. The van der Waals surface area contributed by atoms with Gasteiger partial charge in [0.1, 0.15) is 18.1 Å². The van der Waals surface area contributed by atoms with E-state index in [0.717, 1.165) is 5.76 Å². The average Bonchev–Trinajstić information content (AvgIpc) is 3.18. The van der Waals surface area contributed by atoms with Gasteiger partial charge < -0.3 is 4.42 Å². The predicted octanol–water partition coefficient (Wildman–Crippen LogP) is 2.43. The van der Waals surface area contributed by atoms with E-state index in [9.17, 15) is 9.18 Å². The molecule has 3 aromatic rings. The van der Waals surface area contributed by atoms with E-state index in [-0.39, 0.29) is 17.4 Å². The molecular formula is C14H11FN4O2S. The van der Waals surface area contributed by atoms with Gasteiger partial charge in [0.15, 0.2) is 5.78 Å². The Hall–Kier alpha value is -2.48. The third-order valence-corrected chi connectivity index (χ3v) is 3.84. The minimum absolute atomic E-state index is 0.113. The summed E-state index contributed by atoms with van der Waals surface area (Å²) in [5, 5.41) is 11.9. The van der Waals surface area contributed by atoms with Crippen molar-refractivity contribution < 1.29 is 13.6 Å². The molecule has 0 aliphatic carbocycles. The topological polar surface area (TPSA) is 73.8 Å². The van der Waals surface area contributed by atoms with Gasteiger partial charge in [0, 0.05) is 5.56 Å². The number of hydrogen-bond acceptors (Lipinski definition) is 6. The molecule has 8 heteroatoms. The van der Waals surface area contributed by atoms with Crippen molar-refractivity contribution in [1.29, 1.82) is 0 Å². The number of carbonyl (C=O) groups excluding carboxylic acids is 1. The van der Waals surface area contributed by atoms with E-state index < -0.39 is 0 Å². The molecule has 0 unspecified atom stereocenters. The number of benzene rings is 1. The molecule has 0 amide bonds.